The van der Waals surface area contributed by atoms with Gasteiger partial charge in [-0.1, -0.05) is 30.0 Å². The number of carboxylic acids is 1. The van der Waals surface area contributed by atoms with Gasteiger partial charge in [0.05, 0.1) is 10.7 Å². The van der Waals surface area contributed by atoms with Crippen molar-refractivity contribution in [3.05, 3.63) is 64.7 Å². The number of nitro groups is 1. The van der Waals surface area contributed by atoms with Crippen LogP contribution in [0.1, 0.15) is 0 Å². The molecule has 0 atom stereocenters. The number of thioether (sulfide) groups is 1. The maximum atomic E-state index is 10.9. The number of hydrogen-bond donors (Lipinski definition) is 1. The number of para-hydroxylation sites is 1. The molecule has 0 saturated heterocycles. The summed E-state index contributed by atoms with van der Waals surface area (Å²) in [5, 5.41) is 28.4. The smallest absolute Gasteiger partial charge is 0.313 e. The zero-order valence-electron chi connectivity index (χ0n) is 12.8. The van der Waals surface area contributed by atoms with E-state index in [1.54, 1.807) is 16.7 Å². The van der Waals surface area contributed by atoms with Crippen molar-refractivity contribution in [3.63, 3.8) is 0 Å². The molecular formula is C16H12N4O4S. The van der Waals surface area contributed by atoms with Gasteiger partial charge in [0.15, 0.2) is 11.0 Å². The van der Waals surface area contributed by atoms with Crippen LogP contribution >= 0.6 is 11.8 Å². The molecule has 0 fully saturated rings. The van der Waals surface area contributed by atoms with E-state index in [2.05, 4.69) is 10.2 Å². The maximum Gasteiger partial charge on any atom is 0.313 e. The van der Waals surface area contributed by atoms with Crippen LogP contribution in [0.3, 0.4) is 0 Å². The number of carbonyl (C=O) groups is 1. The standard InChI is InChI=1S/C16H12N4O4S/c21-14(22)10-25-16-18-17-15(19(16)12-4-2-1-3-5-12)11-6-8-13(9-7-11)20(23)24/h1-9H,10H2,(H,21,22). The zero-order valence-corrected chi connectivity index (χ0v) is 13.6. The fourth-order valence-electron chi connectivity index (χ4n) is 2.22. The fraction of sp³-hybridized carbons (Fsp3) is 0.0625. The van der Waals surface area contributed by atoms with Crippen molar-refractivity contribution in [2.45, 2.75) is 5.16 Å². The highest BCUT2D eigenvalue weighted by atomic mass is 32.2. The molecule has 0 radical (unpaired) electrons. The van der Waals surface area contributed by atoms with Gasteiger partial charge in [-0.3, -0.25) is 19.5 Å². The average molecular weight is 356 g/mol. The minimum absolute atomic E-state index is 0.0185. The van der Waals surface area contributed by atoms with Gasteiger partial charge >= 0.3 is 5.97 Å². The molecule has 0 amide bonds. The summed E-state index contributed by atoms with van der Waals surface area (Å²) in [4.78, 5) is 21.2. The van der Waals surface area contributed by atoms with Crippen molar-refractivity contribution in [2.24, 2.45) is 0 Å². The van der Waals surface area contributed by atoms with Crippen LogP contribution in [0.5, 0.6) is 0 Å². The van der Waals surface area contributed by atoms with Gasteiger partial charge in [-0.25, -0.2) is 0 Å². The summed E-state index contributed by atoms with van der Waals surface area (Å²) in [5.41, 5.74) is 1.40. The number of rotatable bonds is 6. The van der Waals surface area contributed by atoms with E-state index in [1.807, 2.05) is 30.3 Å². The van der Waals surface area contributed by atoms with Crippen LogP contribution < -0.4 is 0 Å². The number of benzene rings is 2. The molecule has 2 aromatic carbocycles. The molecule has 1 heterocycles. The summed E-state index contributed by atoms with van der Waals surface area (Å²) in [6, 6.07) is 15.2. The second-order valence-electron chi connectivity index (χ2n) is 4.96. The first-order valence-electron chi connectivity index (χ1n) is 7.16. The highest BCUT2D eigenvalue weighted by molar-refractivity contribution is 7.99. The van der Waals surface area contributed by atoms with E-state index < -0.39 is 10.9 Å². The molecule has 9 heteroatoms. The van der Waals surface area contributed by atoms with E-state index in [4.69, 9.17) is 5.11 Å². The van der Waals surface area contributed by atoms with Crippen molar-refractivity contribution < 1.29 is 14.8 Å². The molecule has 25 heavy (non-hydrogen) atoms. The second kappa shape index (κ2) is 7.14. The molecule has 0 unspecified atom stereocenters. The lowest BCUT2D eigenvalue weighted by Gasteiger charge is -2.09. The van der Waals surface area contributed by atoms with E-state index >= 15 is 0 Å². The van der Waals surface area contributed by atoms with Crippen molar-refractivity contribution in [1.82, 2.24) is 14.8 Å². The van der Waals surface area contributed by atoms with E-state index in [0.717, 1.165) is 17.4 Å². The van der Waals surface area contributed by atoms with Crippen molar-refractivity contribution >= 4 is 23.4 Å². The van der Waals surface area contributed by atoms with E-state index in [1.165, 1.54) is 12.1 Å². The summed E-state index contributed by atoms with van der Waals surface area (Å²) >= 11 is 1.06. The highest BCUT2D eigenvalue weighted by Gasteiger charge is 2.17. The second-order valence-corrected chi connectivity index (χ2v) is 5.91. The van der Waals surface area contributed by atoms with Gasteiger partial charge in [-0.05, 0) is 24.3 Å². The molecule has 0 aliphatic carbocycles. The third kappa shape index (κ3) is 3.66. The van der Waals surface area contributed by atoms with Crippen LogP contribution in [0, 0.1) is 10.1 Å². The van der Waals surface area contributed by atoms with Crippen molar-refractivity contribution in [1.29, 1.82) is 0 Å². The van der Waals surface area contributed by atoms with E-state index in [-0.39, 0.29) is 11.4 Å². The van der Waals surface area contributed by atoms with Crippen LogP contribution in [0.4, 0.5) is 5.69 Å². The minimum Gasteiger partial charge on any atom is -0.481 e. The molecule has 0 spiro atoms. The molecule has 3 aromatic rings. The number of hydrogen-bond acceptors (Lipinski definition) is 6. The van der Waals surface area contributed by atoms with Gasteiger partial charge in [0.2, 0.25) is 0 Å². The third-order valence-corrected chi connectivity index (χ3v) is 4.22. The molecule has 1 aromatic heterocycles. The topological polar surface area (TPSA) is 111 Å². The van der Waals surface area contributed by atoms with Gasteiger partial charge in [0.25, 0.3) is 5.69 Å². The third-order valence-electron chi connectivity index (χ3n) is 3.31. The zero-order chi connectivity index (χ0) is 17.8. The Hall–Kier alpha value is -3.20. The molecular weight excluding hydrogens is 344 g/mol. The summed E-state index contributed by atoms with van der Waals surface area (Å²) in [6.45, 7) is 0. The first-order chi connectivity index (χ1) is 12.1. The van der Waals surface area contributed by atoms with Gasteiger partial charge in [-0.15, -0.1) is 10.2 Å². The van der Waals surface area contributed by atoms with Crippen LogP contribution in [-0.2, 0) is 4.79 Å². The quantitative estimate of drug-likeness (QED) is 0.410. The highest BCUT2D eigenvalue weighted by Crippen LogP contribution is 2.28. The Kier molecular flexibility index (Phi) is 4.75. The van der Waals surface area contributed by atoms with E-state index in [0.29, 0.717) is 16.5 Å². The summed E-state index contributed by atoms with van der Waals surface area (Å²) in [7, 11) is 0. The Morgan fingerprint density at radius 3 is 2.40 bits per heavy atom. The molecule has 0 bridgehead atoms. The Labute approximate surface area is 146 Å². The molecule has 0 aliphatic heterocycles. The lowest BCUT2D eigenvalue weighted by atomic mass is 10.2. The lowest BCUT2D eigenvalue weighted by Crippen LogP contribution is -2.03. The first-order valence-corrected chi connectivity index (χ1v) is 8.15. The van der Waals surface area contributed by atoms with Crippen LogP contribution in [0.2, 0.25) is 0 Å². The Balaban J connectivity index is 2.07. The normalized spacial score (nSPS) is 10.6. The summed E-state index contributed by atoms with van der Waals surface area (Å²) < 4.78 is 1.73. The number of nitro benzene ring substituents is 1. The summed E-state index contributed by atoms with van der Waals surface area (Å²) in [6.07, 6.45) is 0. The van der Waals surface area contributed by atoms with Crippen LogP contribution in [0.25, 0.3) is 17.1 Å². The Morgan fingerprint density at radius 1 is 1.12 bits per heavy atom. The van der Waals surface area contributed by atoms with Crippen molar-refractivity contribution in [2.75, 3.05) is 5.75 Å². The molecule has 1 N–H and O–H groups in total. The largest absolute Gasteiger partial charge is 0.481 e. The number of aromatic nitrogens is 3. The molecule has 126 valence electrons. The molecule has 3 rings (SSSR count). The van der Waals surface area contributed by atoms with Gasteiger partial charge in [0, 0.05) is 23.4 Å². The number of nitrogens with zero attached hydrogens (tertiary/aromatic N) is 4. The first kappa shape index (κ1) is 16.7. The predicted octanol–water partition coefficient (Wildman–Crippen LogP) is 3.02. The fourth-order valence-corrected chi connectivity index (χ4v) is 2.89. The SMILES string of the molecule is O=C(O)CSc1nnc(-c2ccc([N+](=O)[O-])cc2)n1-c1ccccc1. The number of carboxylic acid groups (broad SMARTS) is 1. The number of aliphatic carboxylic acids is 1. The molecule has 0 saturated carbocycles. The average Bonchev–Trinajstić information content (AvgIpc) is 3.04. The van der Waals surface area contributed by atoms with Gasteiger partial charge in [-0.2, -0.15) is 0 Å². The van der Waals surface area contributed by atoms with Gasteiger partial charge in [0.1, 0.15) is 0 Å². The van der Waals surface area contributed by atoms with Crippen LogP contribution in [0.15, 0.2) is 59.8 Å². The van der Waals surface area contributed by atoms with Crippen molar-refractivity contribution in [3.8, 4) is 17.1 Å². The molecule has 0 aliphatic rings. The summed E-state index contributed by atoms with van der Waals surface area (Å²) in [5.74, 6) is -0.621. The van der Waals surface area contributed by atoms with Crippen LogP contribution in [-0.4, -0.2) is 36.5 Å². The maximum absolute atomic E-state index is 10.9. The monoisotopic (exact) mass is 356 g/mol. The molecule has 8 nitrogen and oxygen atoms in total. The Bertz CT molecular complexity index is 910. The Morgan fingerprint density at radius 2 is 1.80 bits per heavy atom. The predicted molar refractivity (Wildman–Crippen MR) is 91.8 cm³/mol. The lowest BCUT2D eigenvalue weighted by molar-refractivity contribution is -0.384. The number of non-ortho nitro benzene ring substituents is 1. The van der Waals surface area contributed by atoms with Gasteiger partial charge < -0.3 is 5.11 Å². The van der Waals surface area contributed by atoms with E-state index in [9.17, 15) is 14.9 Å². The minimum atomic E-state index is -0.954.